The molecule has 82 valence electrons. The molecule has 0 aromatic carbocycles. The van der Waals surface area contributed by atoms with Gasteiger partial charge < -0.3 is 10.3 Å². The van der Waals surface area contributed by atoms with Crippen LogP contribution in [0.1, 0.15) is 36.2 Å². The van der Waals surface area contributed by atoms with E-state index < -0.39 is 0 Å². The Balaban J connectivity index is 2.45. The van der Waals surface area contributed by atoms with Crippen molar-refractivity contribution in [2.75, 3.05) is 13.6 Å². The Kier molecular flexibility index (Phi) is 3.17. The van der Waals surface area contributed by atoms with E-state index in [4.69, 9.17) is 12.2 Å². The Bertz CT molecular complexity index is 411. The summed E-state index contributed by atoms with van der Waals surface area (Å²) >= 11 is 5.13. The van der Waals surface area contributed by atoms with Gasteiger partial charge in [-0.25, -0.2) is 4.98 Å². The third kappa shape index (κ3) is 1.96. The molecule has 0 radical (unpaired) electrons. The van der Waals surface area contributed by atoms with Crippen molar-refractivity contribution in [2.24, 2.45) is 0 Å². The fourth-order valence-electron chi connectivity index (χ4n) is 2.44. The minimum absolute atomic E-state index is 0.610. The number of nitrogens with one attached hydrogen (secondary N) is 2. The highest BCUT2D eigenvalue weighted by Crippen LogP contribution is 2.33. The van der Waals surface area contributed by atoms with Crippen LogP contribution in [0, 0.1) is 4.77 Å². The van der Waals surface area contributed by atoms with Crippen LogP contribution in [-0.4, -0.2) is 23.6 Å². The molecule has 1 aliphatic rings. The van der Waals surface area contributed by atoms with E-state index in [9.17, 15) is 0 Å². The van der Waals surface area contributed by atoms with Gasteiger partial charge in [0.1, 0.15) is 0 Å². The zero-order chi connectivity index (χ0) is 10.8. The molecule has 4 heteroatoms. The molecule has 0 fully saturated rings. The smallest absolute Gasteiger partial charge is 0.197 e. The lowest BCUT2D eigenvalue weighted by Gasteiger charge is -2.13. The summed E-state index contributed by atoms with van der Waals surface area (Å²) in [5, 5.41) is 3.25. The SMILES string of the molecule is CCc1nc(=S)[nH]c2c1C(CNC)CC2. The molecular formula is C11H17N3S. The van der Waals surface area contributed by atoms with E-state index in [1.807, 2.05) is 7.05 Å². The number of likely N-dealkylation sites (N-methyl/N-ethyl adjacent to an activating group) is 1. The summed E-state index contributed by atoms with van der Waals surface area (Å²) in [5.74, 6) is 0.610. The summed E-state index contributed by atoms with van der Waals surface area (Å²) in [7, 11) is 2.00. The van der Waals surface area contributed by atoms with E-state index in [1.54, 1.807) is 0 Å². The van der Waals surface area contributed by atoms with Crippen molar-refractivity contribution in [3.05, 3.63) is 21.7 Å². The second kappa shape index (κ2) is 4.41. The lowest BCUT2D eigenvalue weighted by Crippen LogP contribution is -2.16. The molecule has 0 aliphatic heterocycles. The lowest BCUT2D eigenvalue weighted by atomic mass is 10.00. The van der Waals surface area contributed by atoms with Gasteiger partial charge in [0.2, 0.25) is 0 Å². The molecular weight excluding hydrogens is 206 g/mol. The maximum absolute atomic E-state index is 5.13. The van der Waals surface area contributed by atoms with Crippen LogP contribution in [-0.2, 0) is 12.8 Å². The Morgan fingerprint density at radius 2 is 2.40 bits per heavy atom. The first-order valence-corrected chi connectivity index (χ1v) is 5.93. The lowest BCUT2D eigenvalue weighted by molar-refractivity contribution is 0.618. The van der Waals surface area contributed by atoms with Crippen LogP contribution in [0.25, 0.3) is 0 Å². The number of H-pyrrole nitrogens is 1. The van der Waals surface area contributed by atoms with Crippen molar-refractivity contribution in [3.63, 3.8) is 0 Å². The number of hydrogen-bond donors (Lipinski definition) is 2. The number of aromatic nitrogens is 2. The molecule has 1 aromatic rings. The van der Waals surface area contributed by atoms with Crippen LogP contribution in [0.2, 0.25) is 0 Å². The monoisotopic (exact) mass is 223 g/mol. The summed E-state index contributed by atoms with van der Waals surface area (Å²) in [6.45, 7) is 3.18. The molecule has 0 amide bonds. The first kappa shape index (κ1) is 10.8. The summed E-state index contributed by atoms with van der Waals surface area (Å²) in [6, 6.07) is 0. The van der Waals surface area contributed by atoms with E-state index in [-0.39, 0.29) is 0 Å². The van der Waals surface area contributed by atoms with E-state index >= 15 is 0 Å². The summed E-state index contributed by atoms with van der Waals surface area (Å²) in [4.78, 5) is 7.65. The fourth-order valence-corrected chi connectivity index (χ4v) is 2.68. The number of hydrogen-bond acceptors (Lipinski definition) is 3. The van der Waals surface area contributed by atoms with Gasteiger partial charge in [-0.1, -0.05) is 6.92 Å². The topological polar surface area (TPSA) is 40.7 Å². The quantitative estimate of drug-likeness (QED) is 0.770. The maximum atomic E-state index is 5.13. The highest BCUT2D eigenvalue weighted by Gasteiger charge is 2.25. The molecule has 2 rings (SSSR count). The molecule has 0 saturated heterocycles. The molecule has 1 heterocycles. The van der Waals surface area contributed by atoms with Gasteiger partial charge in [-0.2, -0.15) is 0 Å². The predicted molar refractivity (Wildman–Crippen MR) is 63.8 cm³/mol. The van der Waals surface area contributed by atoms with Crippen LogP contribution in [0.15, 0.2) is 0 Å². The average molecular weight is 223 g/mol. The molecule has 0 spiro atoms. The van der Waals surface area contributed by atoms with Crippen LogP contribution in [0.5, 0.6) is 0 Å². The minimum Gasteiger partial charge on any atom is -0.334 e. The van der Waals surface area contributed by atoms with Gasteiger partial charge in [0, 0.05) is 23.9 Å². The number of rotatable bonds is 3. The highest BCUT2D eigenvalue weighted by molar-refractivity contribution is 7.71. The standard InChI is InChI=1S/C11H17N3S/c1-3-8-10-7(6-12-2)4-5-9(10)14-11(15)13-8/h7,12H,3-6H2,1-2H3,(H,13,14,15). The Labute approximate surface area is 95.3 Å². The van der Waals surface area contributed by atoms with Crippen LogP contribution in [0.4, 0.5) is 0 Å². The zero-order valence-electron chi connectivity index (χ0n) is 9.26. The van der Waals surface area contributed by atoms with Gasteiger partial charge >= 0.3 is 0 Å². The molecule has 1 aliphatic carbocycles. The van der Waals surface area contributed by atoms with Crippen molar-refractivity contribution in [3.8, 4) is 0 Å². The highest BCUT2D eigenvalue weighted by atomic mass is 32.1. The predicted octanol–water partition coefficient (Wildman–Crippen LogP) is 1.95. The van der Waals surface area contributed by atoms with Gasteiger partial charge in [-0.15, -0.1) is 0 Å². The normalized spacial score (nSPS) is 19.2. The van der Waals surface area contributed by atoms with E-state index in [0.717, 1.165) is 19.4 Å². The Morgan fingerprint density at radius 1 is 1.60 bits per heavy atom. The molecule has 1 aromatic heterocycles. The maximum Gasteiger partial charge on any atom is 0.197 e. The Morgan fingerprint density at radius 3 is 3.07 bits per heavy atom. The number of aryl methyl sites for hydroxylation is 2. The minimum atomic E-state index is 0.610. The van der Waals surface area contributed by atoms with Gasteiger partial charge in [0.25, 0.3) is 0 Å². The molecule has 15 heavy (non-hydrogen) atoms. The largest absolute Gasteiger partial charge is 0.334 e. The van der Waals surface area contributed by atoms with E-state index in [0.29, 0.717) is 10.7 Å². The zero-order valence-corrected chi connectivity index (χ0v) is 10.1. The molecule has 1 atom stereocenters. The van der Waals surface area contributed by atoms with Gasteiger partial charge in [0.05, 0.1) is 0 Å². The number of aromatic amines is 1. The van der Waals surface area contributed by atoms with Gasteiger partial charge in [-0.3, -0.25) is 0 Å². The van der Waals surface area contributed by atoms with Crippen molar-refractivity contribution >= 4 is 12.2 Å². The molecule has 2 N–H and O–H groups in total. The van der Waals surface area contributed by atoms with Crippen LogP contribution >= 0.6 is 12.2 Å². The first-order valence-electron chi connectivity index (χ1n) is 5.52. The van der Waals surface area contributed by atoms with Crippen molar-refractivity contribution in [1.82, 2.24) is 15.3 Å². The van der Waals surface area contributed by atoms with Gasteiger partial charge in [-0.05, 0) is 44.1 Å². The van der Waals surface area contributed by atoms with Gasteiger partial charge in [0.15, 0.2) is 4.77 Å². The number of fused-ring (bicyclic) bond motifs is 1. The summed E-state index contributed by atoms with van der Waals surface area (Å²) in [5.41, 5.74) is 3.92. The number of nitrogens with zero attached hydrogens (tertiary/aromatic N) is 1. The third-order valence-corrected chi connectivity index (χ3v) is 3.26. The van der Waals surface area contributed by atoms with Crippen molar-refractivity contribution < 1.29 is 0 Å². The van der Waals surface area contributed by atoms with Crippen molar-refractivity contribution in [1.29, 1.82) is 0 Å². The van der Waals surface area contributed by atoms with E-state index in [2.05, 4.69) is 22.2 Å². The molecule has 3 nitrogen and oxygen atoms in total. The van der Waals surface area contributed by atoms with Crippen LogP contribution < -0.4 is 5.32 Å². The van der Waals surface area contributed by atoms with E-state index in [1.165, 1.54) is 23.4 Å². The first-order chi connectivity index (χ1) is 7.26. The summed E-state index contributed by atoms with van der Waals surface area (Å²) < 4.78 is 0.635. The second-order valence-corrected chi connectivity index (χ2v) is 4.41. The molecule has 0 saturated carbocycles. The Hall–Kier alpha value is -0.740. The van der Waals surface area contributed by atoms with Crippen molar-refractivity contribution in [2.45, 2.75) is 32.1 Å². The fraction of sp³-hybridized carbons (Fsp3) is 0.636. The molecule has 1 unspecified atom stereocenters. The molecule has 0 bridgehead atoms. The summed E-state index contributed by atoms with van der Waals surface area (Å²) in [6.07, 6.45) is 3.29. The third-order valence-electron chi connectivity index (χ3n) is 3.07. The second-order valence-electron chi connectivity index (χ2n) is 4.03. The average Bonchev–Trinajstić information content (AvgIpc) is 2.61. The van der Waals surface area contributed by atoms with Crippen LogP contribution in [0.3, 0.4) is 0 Å².